The van der Waals surface area contributed by atoms with Gasteiger partial charge in [0.15, 0.2) is 11.5 Å². The van der Waals surface area contributed by atoms with E-state index in [-0.39, 0.29) is 50.9 Å². The van der Waals surface area contributed by atoms with Crippen LogP contribution in [0.15, 0.2) is 146 Å². The largest absolute Gasteiger partial charge is 0.491 e. The number of urea groups is 1. The third kappa shape index (κ3) is 9.51. The van der Waals surface area contributed by atoms with Gasteiger partial charge in [-0.05, 0) is 88.3 Å². The van der Waals surface area contributed by atoms with Crippen LogP contribution in [-0.2, 0) is 47.2 Å². The zero-order valence-corrected chi connectivity index (χ0v) is 45.4. The SMILES string of the molecule is COC(=O)[C@@H](NC(=O)N1C(=O)[C@@]2(c3cc(C#CCn4nnc5ccccc54)ccc31)[C@H](C(=O)N1CCN(Cc3ccc4c(c3)OCO4)CC1)[C@H]1C(=O)O[C@H](c3ccccc3)[C@H](c3ccccc3)N1[C@@H]2c1cccc(OCCO)c1)C(C)C. The molecule has 5 aliphatic heterocycles. The molecule has 0 radical (unpaired) electrons. The van der Waals surface area contributed by atoms with Crippen LogP contribution in [-0.4, -0.2) is 130 Å². The third-order valence-corrected chi connectivity index (χ3v) is 16.3. The molecule has 0 aliphatic carbocycles. The lowest BCUT2D eigenvalue weighted by atomic mass is 9.64. The fraction of sp³-hybridized carbons (Fsp3) is 0.317. The van der Waals surface area contributed by atoms with E-state index in [0.717, 1.165) is 21.5 Å². The van der Waals surface area contributed by atoms with Gasteiger partial charge < -0.3 is 39.0 Å². The summed E-state index contributed by atoms with van der Waals surface area (Å²) in [7, 11) is 1.22. The number of aliphatic hydroxyl groups is 1. The monoisotopic (exact) mass is 1100 g/mol. The Kier molecular flexibility index (Phi) is 14.7. The Bertz CT molecular complexity index is 3650. The Hall–Kier alpha value is -9.09. The fourth-order valence-electron chi connectivity index (χ4n) is 12.6. The lowest BCUT2D eigenvalue weighted by Crippen LogP contribution is -2.59. The van der Waals surface area contributed by atoms with Crippen molar-refractivity contribution in [2.24, 2.45) is 11.8 Å². The van der Waals surface area contributed by atoms with Crippen molar-refractivity contribution in [3.63, 3.8) is 0 Å². The van der Waals surface area contributed by atoms with Crippen molar-refractivity contribution in [1.82, 2.24) is 35.0 Å². The summed E-state index contributed by atoms with van der Waals surface area (Å²) in [5, 5.41) is 21.4. The lowest BCUT2D eigenvalue weighted by Gasteiger charge is -2.46. The summed E-state index contributed by atoms with van der Waals surface area (Å²) in [6.07, 6.45) is -0.971. The number of morpholine rings is 1. The van der Waals surface area contributed by atoms with E-state index in [0.29, 0.717) is 59.1 Å². The molecule has 6 heterocycles. The van der Waals surface area contributed by atoms with Gasteiger partial charge in [0.05, 0.1) is 42.9 Å². The number of piperazine rings is 1. The first kappa shape index (κ1) is 53.5. The number of carbonyl (C=O) groups excluding carboxylic acids is 5. The molecule has 0 saturated carbocycles. The van der Waals surface area contributed by atoms with Crippen LogP contribution >= 0.6 is 0 Å². The highest BCUT2D eigenvalue weighted by Crippen LogP contribution is 2.66. The Morgan fingerprint density at radius 3 is 2.29 bits per heavy atom. The van der Waals surface area contributed by atoms with Gasteiger partial charge >= 0.3 is 18.0 Å². The number of anilines is 1. The molecular formula is C63H60N8O11. The van der Waals surface area contributed by atoms with Crippen molar-refractivity contribution in [3.8, 4) is 29.1 Å². The first-order chi connectivity index (χ1) is 40.0. The number of ether oxygens (including phenoxy) is 5. The van der Waals surface area contributed by atoms with E-state index in [1.165, 1.54) is 7.11 Å². The van der Waals surface area contributed by atoms with E-state index in [1.807, 2.05) is 114 Å². The van der Waals surface area contributed by atoms with E-state index < -0.39 is 77.3 Å². The summed E-state index contributed by atoms with van der Waals surface area (Å²) in [5.41, 5.74) is 3.02. The lowest BCUT2D eigenvalue weighted by molar-refractivity contribution is -0.179. The van der Waals surface area contributed by atoms with Crippen molar-refractivity contribution < 1.29 is 52.8 Å². The predicted molar refractivity (Wildman–Crippen MR) is 299 cm³/mol. The molecule has 7 aromatic rings. The van der Waals surface area contributed by atoms with Crippen LogP contribution in [0.5, 0.6) is 17.2 Å². The van der Waals surface area contributed by atoms with Gasteiger partial charge in [0, 0.05) is 38.3 Å². The number of hydrogen-bond acceptors (Lipinski definition) is 15. The second kappa shape index (κ2) is 22.4. The molecule has 5 aliphatic rings. The number of aliphatic hydroxyl groups excluding tert-OH is 1. The number of nitrogens with one attached hydrogen (secondary N) is 1. The van der Waals surface area contributed by atoms with Gasteiger partial charge in [-0.15, -0.1) is 5.10 Å². The molecular weight excluding hydrogens is 1040 g/mol. The summed E-state index contributed by atoms with van der Waals surface area (Å²) >= 11 is 0. The molecule has 1 aromatic heterocycles. The first-order valence-electron chi connectivity index (χ1n) is 27.4. The topological polar surface area (TPSA) is 207 Å². The molecule has 3 fully saturated rings. The third-order valence-electron chi connectivity index (χ3n) is 16.3. The molecule has 3 saturated heterocycles. The van der Waals surface area contributed by atoms with Crippen LogP contribution in [0, 0.1) is 23.7 Å². The fourth-order valence-corrected chi connectivity index (χ4v) is 12.6. The molecule has 1 spiro atoms. The predicted octanol–water partition coefficient (Wildman–Crippen LogP) is 6.50. The number of fused-ring (bicyclic) bond motifs is 5. The van der Waals surface area contributed by atoms with E-state index in [4.69, 9.17) is 23.7 Å². The second-order valence-electron chi connectivity index (χ2n) is 21.3. The Morgan fingerprint density at radius 2 is 1.54 bits per heavy atom. The van der Waals surface area contributed by atoms with Crippen LogP contribution in [0.25, 0.3) is 11.0 Å². The van der Waals surface area contributed by atoms with E-state index in [9.17, 15) is 9.90 Å². The minimum Gasteiger partial charge on any atom is -0.491 e. The van der Waals surface area contributed by atoms with E-state index in [2.05, 4.69) is 32.4 Å². The Balaban J connectivity index is 1.07. The number of carbonyl (C=O) groups is 5. The van der Waals surface area contributed by atoms with Crippen molar-refractivity contribution in [1.29, 1.82) is 0 Å². The minimum absolute atomic E-state index is 0.0538. The average molecular weight is 1110 g/mol. The van der Waals surface area contributed by atoms with Crippen LogP contribution in [0.2, 0.25) is 0 Å². The summed E-state index contributed by atoms with van der Waals surface area (Å²) in [5.74, 6) is 3.38. The molecule has 6 aromatic carbocycles. The van der Waals surface area contributed by atoms with Gasteiger partial charge in [0.2, 0.25) is 18.6 Å². The molecule has 19 heteroatoms. The maximum absolute atomic E-state index is 17.1. The standard InChI is InChI=1S/C63H60N8O11/c1-39(2)53(59(74)78-3)64-62(77)70-48-25-23-40(14-13-27-69-49-22-11-10-21-47(49)65-66-69)34-46(48)63(61(70)76)52(58(73)68-30-28-67(29-31-68)37-41-24-26-50-51(35-41)81-38-80-50)55-60(75)82-56(43-17-8-5-9-18-43)54(42-15-6-4-7-16-42)71(55)57(63)44-19-12-20-45(36-44)79-33-32-72/h4-12,15-26,34-36,39,52-57,72H,27-33,37-38H2,1-3H3,(H,64,77)/t52-,53-,54-,55-,56+,57+,63-/m0/s1. The number of rotatable bonds is 13. The molecule has 2 N–H and O–H groups in total. The molecule has 12 rings (SSSR count). The maximum atomic E-state index is 17.1. The van der Waals surface area contributed by atoms with Gasteiger partial charge in [0.25, 0.3) is 0 Å². The normalized spacial score (nSPS) is 22.3. The summed E-state index contributed by atoms with van der Waals surface area (Å²) in [6.45, 7) is 5.34. The minimum atomic E-state index is -2.14. The van der Waals surface area contributed by atoms with Crippen molar-refractivity contribution >= 4 is 46.5 Å². The van der Waals surface area contributed by atoms with Gasteiger partial charge in [-0.25, -0.2) is 19.2 Å². The number of para-hydroxylation sites is 1. The number of methoxy groups -OCH3 is 1. The summed E-state index contributed by atoms with van der Waals surface area (Å²) in [4.78, 5) is 85.4. The smallest absolute Gasteiger partial charge is 0.329 e. The molecule has 19 nitrogen and oxygen atoms in total. The quantitative estimate of drug-likeness (QED) is 0.0934. The number of hydrogen-bond donors (Lipinski definition) is 2. The van der Waals surface area contributed by atoms with E-state index in [1.54, 1.807) is 59.8 Å². The zero-order valence-electron chi connectivity index (χ0n) is 45.4. The second-order valence-corrected chi connectivity index (χ2v) is 21.3. The van der Waals surface area contributed by atoms with Crippen molar-refractivity contribution in [2.75, 3.05) is 58.2 Å². The van der Waals surface area contributed by atoms with Crippen molar-refractivity contribution in [2.45, 2.75) is 62.6 Å². The van der Waals surface area contributed by atoms with Crippen LogP contribution < -0.4 is 24.4 Å². The molecule has 7 atom stereocenters. The number of amides is 4. The highest BCUT2D eigenvalue weighted by Gasteiger charge is 2.76. The first-order valence-corrected chi connectivity index (χ1v) is 27.4. The number of aromatic nitrogens is 3. The zero-order chi connectivity index (χ0) is 56.6. The number of esters is 2. The van der Waals surface area contributed by atoms with Gasteiger partial charge in [0.1, 0.15) is 48.0 Å². The van der Waals surface area contributed by atoms with Gasteiger partial charge in [-0.3, -0.25) is 24.2 Å². The number of nitrogens with zero attached hydrogens (tertiary/aromatic N) is 7. The number of benzene rings is 6. The number of imide groups is 1. The maximum Gasteiger partial charge on any atom is 0.329 e. The Morgan fingerprint density at radius 1 is 0.805 bits per heavy atom. The molecule has 0 bridgehead atoms. The summed E-state index contributed by atoms with van der Waals surface area (Å²) in [6, 6.07) is 38.7. The summed E-state index contributed by atoms with van der Waals surface area (Å²) < 4.78 is 30.9. The van der Waals surface area contributed by atoms with Gasteiger partial charge in [-0.2, -0.15) is 0 Å². The van der Waals surface area contributed by atoms with Gasteiger partial charge in [-0.1, -0.05) is 122 Å². The molecule has 0 unspecified atom stereocenters. The van der Waals surface area contributed by atoms with Crippen LogP contribution in [0.3, 0.4) is 0 Å². The highest BCUT2D eigenvalue weighted by molar-refractivity contribution is 6.25. The molecule has 418 valence electrons. The average Bonchev–Trinajstić information content (AvgIpc) is 2.00. The van der Waals surface area contributed by atoms with Crippen LogP contribution in [0.1, 0.15) is 65.4 Å². The Labute approximate surface area is 473 Å². The molecule has 82 heavy (non-hydrogen) atoms. The highest BCUT2D eigenvalue weighted by atomic mass is 16.7. The number of cyclic esters (lactones) is 1. The van der Waals surface area contributed by atoms with Crippen LogP contribution in [0.4, 0.5) is 10.5 Å². The van der Waals surface area contributed by atoms with E-state index >= 15 is 19.2 Å². The van der Waals surface area contributed by atoms with Crippen molar-refractivity contribution in [3.05, 3.63) is 179 Å². The molecule has 4 amide bonds.